The van der Waals surface area contributed by atoms with E-state index in [1.165, 1.54) is 0 Å². The van der Waals surface area contributed by atoms with Crippen molar-refractivity contribution < 1.29 is 27.7 Å². The number of hydrogen-bond acceptors (Lipinski definition) is 10. The lowest BCUT2D eigenvalue weighted by Gasteiger charge is -2.21. The summed E-state index contributed by atoms with van der Waals surface area (Å²) in [5, 5.41) is 8.45. The zero-order valence-electron chi connectivity index (χ0n) is 18.8. The van der Waals surface area contributed by atoms with Gasteiger partial charge in [0.25, 0.3) is 0 Å². The van der Waals surface area contributed by atoms with Crippen LogP contribution in [-0.2, 0) is 43.1 Å². The molecule has 0 aromatic carbocycles. The topological polar surface area (TPSA) is 137 Å². The summed E-state index contributed by atoms with van der Waals surface area (Å²) >= 11 is -2.04. The molecule has 1 heterocycles. The van der Waals surface area contributed by atoms with E-state index in [4.69, 9.17) is 24.7 Å². The lowest BCUT2D eigenvalue weighted by molar-refractivity contribution is -0.00204. The van der Waals surface area contributed by atoms with Gasteiger partial charge in [-0.1, -0.05) is 23.2 Å². The lowest BCUT2D eigenvalue weighted by Crippen LogP contribution is -2.29. The molecule has 1 atom stereocenters. The number of hydrogen-bond donors (Lipinski definition) is 1. The number of ether oxygens (including phenoxy) is 4. The summed E-state index contributed by atoms with van der Waals surface area (Å²) in [5.41, 5.74) is 7.15. The molecular weight excluding hydrogens is 426 g/mol. The highest BCUT2D eigenvalue weighted by molar-refractivity contribution is 7.79. The molecule has 0 saturated carbocycles. The molecule has 2 N–H and O–H groups in total. The second-order valence-corrected chi connectivity index (χ2v) is 7.88. The number of aromatic nitrogens is 3. The Hall–Kier alpha value is -0.990. The highest BCUT2D eigenvalue weighted by atomic mass is 32.2. The summed E-state index contributed by atoms with van der Waals surface area (Å²) in [7, 11) is 0. The minimum atomic E-state index is -2.04. The second kappa shape index (κ2) is 18.6. The molecule has 31 heavy (non-hydrogen) atoms. The van der Waals surface area contributed by atoms with E-state index in [0.29, 0.717) is 79.0 Å². The van der Waals surface area contributed by atoms with Crippen molar-refractivity contribution in [3.63, 3.8) is 0 Å². The normalized spacial score (nSPS) is 12.7. The van der Waals surface area contributed by atoms with E-state index in [-0.39, 0.29) is 5.75 Å². The predicted molar refractivity (Wildman–Crippen MR) is 116 cm³/mol. The minimum absolute atomic E-state index is 0.123. The molecule has 1 unspecified atom stereocenters. The van der Waals surface area contributed by atoms with E-state index in [2.05, 4.69) is 22.1 Å². The highest BCUT2D eigenvalue weighted by Crippen LogP contribution is 2.08. The molecule has 0 spiro atoms. The van der Waals surface area contributed by atoms with Crippen LogP contribution < -0.4 is 5.73 Å². The van der Waals surface area contributed by atoms with E-state index in [1.807, 2.05) is 11.6 Å². The monoisotopic (exact) mass is 464 g/mol. The van der Waals surface area contributed by atoms with E-state index in [1.54, 1.807) is 0 Å². The van der Waals surface area contributed by atoms with Crippen LogP contribution in [-0.4, -0.2) is 107 Å². The van der Waals surface area contributed by atoms with Crippen molar-refractivity contribution in [1.29, 1.82) is 0 Å². The van der Waals surface area contributed by atoms with Crippen LogP contribution in [0.4, 0.5) is 0 Å². The van der Waals surface area contributed by atoms with Crippen molar-refractivity contribution in [2.75, 3.05) is 78.2 Å². The zero-order chi connectivity index (χ0) is 22.7. The molecule has 0 saturated heterocycles. The standard InChI is InChI=1S/C19H39N5O6S/c1-3-5-23(7-16-31(25)26)17-19-18(2)24(22-21-19)6-9-28-11-13-30-15-14-29-12-10-27-8-4-20/h3-17,20H2,1-2H3,(H,25,26)/p-1. The van der Waals surface area contributed by atoms with E-state index in [9.17, 15) is 8.76 Å². The van der Waals surface area contributed by atoms with Crippen LogP contribution in [0.15, 0.2) is 0 Å². The van der Waals surface area contributed by atoms with Crippen LogP contribution in [0.5, 0.6) is 0 Å². The van der Waals surface area contributed by atoms with Gasteiger partial charge in [-0.05, 0) is 19.9 Å². The molecule has 1 aromatic heterocycles. The second-order valence-electron chi connectivity index (χ2n) is 6.87. The Labute approximate surface area is 187 Å². The summed E-state index contributed by atoms with van der Waals surface area (Å²) in [6.07, 6.45) is 0.948. The molecule has 0 aliphatic rings. The van der Waals surface area contributed by atoms with Gasteiger partial charge in [0.1, 0.15) is 0 Å². The van der Waals surface area contributed by atoms with Gasteiger partial charge in [0.05, 0.1) is 70.8 Å². The van der Waals surface area contributed by atoms with Crippen molar-refractivity contribution in [3.8, 4) is 0 Å². The zero-order valence-corrected chi connectivity index (χ0v) is 19.6. The maximum absolute atomic E-state index is 10.8. The van der Waals surface area contributed by atoms with Crippen molar-refractivity contribution in [3.05, 3.63) is 11.4 Å². The Bertz CT molecular complexity index is 592. The Morgan fingerprint density at radius 3 is 2.13 bits per heavy atom. The fraction of sp³-hybridized carbons (Fsp3) is 0.895. The number of nitrogens with two attached hydrogens (primary N) is 1. The molecule has 182 valence electrons. The predicted octanol–water partition coefficient (Wildman–Crippen LogP) is -0.297. The average Bonchev–Trinajstić information content (AvgIpc) is 3.09. The smallest absolute Gasteiger partial charge is 0.0996 e. The fourth-order valence-corrected chi connectivity index (χ4v) is 3.16. The summed E-state index contributed by atoms with van der Waals surface area (Å²) in [6.45, 7) is 11.2. The molecule has 1 rings (SSSR count). The van der Waals surface area contributed by atoms with Crippen molar-refractivity contribution in [1.82, 2.24) is 19.9 Å². The van der Waals surface area contributed by atoms with Gasteiger partial charge in [-0.3, -0.25) is 9.11 Å². The Morgan fingerprint density at radius 2 is 1.58 bits per heavy atom. The quantitative estimate of drug-likeness (QED) is 0.191. The molecule has 0 fully saturated rings. The SMILES string of the molecule is CCCN(CCS(=O)[O-])Cc1nnn(CCOCCOCCOCCOCCN)c1C. The molecule has 1 aromatic rings. The van der Waals surface area contributed by atoms with E-state index < -0.39 is 11.1 Å². The summed E-state index contributed by atoms with van der Waals surface area (Å²) < 4.78 is 45.1. The lowest BCUT2D eigenvalue weighted by atomic mass is 10.3. The third-order valence-corrected chi connectivity index (χ3v) is 4.91. The molecule has 0 aliphatic carbocycles. The molecule has 12 heteroatoms. The Balaban J connectivity index is 2.13. The largest absolute Gasteiger partial charge is 0.772 e. The van der Waals surface area contributed by atoms with Crippen LogP contribution in [0.2, 0.25) is 0 Å². The van der Waals surface area contributed by atoms with Gasteiger partial charge in [-0.25, -0.2) is 4.68 Å². The Morgan fingerprint density at radius 1 is 1.00 bits per heavy atom. The Kier molecular flexibility index (Phi) is 16.8. The van der Waals surface area contributed by atoms with Gasteiger partial charge in [0.15, 0.2) is 0 Å². The first-order valence-electron chi connectivity index (χ1n) is 10.8. The van der Waals surface area contributed by atoms with Gasteiger partial charge < -0.3 is 29.2 Å². The first-order chi connectivity index (χ1) is 15.1. The molecule has 0 radical (unpaired) electrons. The van der Waals surface area contributed by atoms with Gasteiger partial charge in [0.2, 0.25) is 0 Å². The molecule has 0 amide bonds. The van der Waals surface area contributed by atoms with Crippen molar-refractivity contribution >= 4 is 11.1 Å². The van der Waals surface area contributed by atoms with Gasteiger partial charge >= 0.3 is 0 Å². The van der Waals surface area contributed by atoms with Gasteiger partial charge in [-0.15, -0.1) is 5.10 Å². The number of rotatable bonds is 21. The van der Waals surface area contributed by atoms with Crippen LogP contribution >= 0.6 is 0 Å². The van der Waals surface area contributed by atoms with Crippen LogP contribution in [0.25, 0.3) is 0 Å². The van der Waals surface area contributed by atoms with Gasteiger partial charge in [0, 0.05) is 25.4 Å². The van der Waals surface area contributed by atoms with Crippen molar-refractivity contribution in [2.24, 2.45) is 5.73 Å². The van der Waals surface area contributed by atoms with Crippen LogP contribution in [0.3, 0.4) is 0 Å². The molecule has 11 nitrogen and oxygen atoms in total. The summed E-state index contributed by atoms with van der Waals surface area (Å²) in [4.78, 5) is 2.09. The molecule has 0 aliphatic heterocycles. The average molecular weight is 465 g/mol. The first kappa shape index (κ1) is 28.0. The fourth-order valence-electron chi connectivity index (χ4n) is 2.75. The third-order valence-electron chi connectivity index (χ3n) is 4.39. The van der Waals surface area contributed by atoms with Gasteiger partial charge in [-0.2, -0.15) is 0 Å². The maximum Gasteiger partial charge on any atom is 0.0996 e. The minimum Gasteiger partial charge on any atom is -0.772 e. The van der Waals surface area contributed by atoms with Crippen LogP contribution in [0.1, 0.15) is 24.7 Å². The molecular formula is C19H38N5O6S-. The van der Waals surface area contributed by atoms with E-state index in [0.717, 1.165) is 24.4 Å². The molecule has 0 bridgehead atoms. The number of nitrogens with zero attached hydrogens (tertiary/aromatic N) is 4. The van der Waals surface area contributed by atoms with E-state index >= 15 is 0 Å². The highest BCUT2D eigenvalue weighted by Gasteiger charge is 2.13. The summed E-state index contributed by atoms with van der Waals surface area (Å²) in [6, 6.07) is 0. The van der Waals surface area contributed by atoms with Crippen molar-refractivity contribution in [2.45, 2.75) is 33.4 Å². The first-order valence-corrected chi connectivity index (χ1v) is 12.0. The maximum atomic E-state index is 10.8. The third kappa shape index (κ3) is 13.9. The van der Waals surface area contributed by atoms with Crippen LogP contribution in [0, 0.1) is 6.92 Å². The summed E-state index contributed by atoms with van der Waals surface area (Å²) in [5.74, 6) is 0.123.